The van der Waals surface area contributed by atoms with Gasteiger partial charge in [0.2, 0.25) is 0 Å². The van der Waals surface area contributed by atoms with Crippen molar-refractivity contribution in [2.75, 3.05) is 5.32 Å². The van der Waals surface area contributed by atoms with Gasteiger partial charge in [0.1, 0.15) is 5.82 Å². The normalized spacial score (nSPS) is 20.1. The van der Waals surface area contributed by atoms with Gasteiger partial charge in [-0.2, -0.15) is 0 Å². The standard InChI is InChI=1S/C25H23Cl2FN2O2/c1-13-21(24(32)30-16-6-4-5-15(28)10-16)22(17-8-7-14(26)9-18(17)27)23-19(29-13)11-25(2,3)12-20(23)31/h4-10,22,29H,11-12H2,1-3H3,(H,30,32)/t22-/m1/s1. The number of carbonyl (C=O) groups is 2. The van der Waals surface area contributed by atoms with Crippen molar-refractivity contribution in [2.24, 2.45) is 5.41 Å². The van der Waals surface area contributed by atoms with Crippen LogP contribution in [-0.2, 0) is 9.59 Å². The van der Waals surface area contributed by atoms with Gasteiger partial charge in [-0.05, 0) is 54.7 Å². The lowest BCUT2D eigenvalue weighted by atomic mass is 9.68. The second kappa shape index (κ2) is 8.38. The fourth-order valence-electron chi connectivity index (χ4n) is 4.55. The van der Waals surface area contributed by atoms with Gasteiger partial charge in [0.15, 0.2) is 5.78 Å². The lowest BCUT2D eigenvalue weighted by molar-refractivity contribution is -0.118. The fourth-order valence-corrected chi connectivity index (χ4v) is 5.07. The second-order valence-electron chi connectivity index (χ2n) is 9.06. The average Bonchev–Trinajstić information content (AvgIpc) is 2.66. The molecule has 2 N–H and O–H groups in total. The number of anilines is 1. The van der Waals surface area contributed by atoms with Crippen LogP contribution >= 0.6 is 23.2 Å². The van der Waals surface area contributed by atoms with Gasteiger partial charge in [-0.3, -0.25) is 9.59 Å². The summed E-state index contributed by atoms with van der Waals surface area (Å²) in [6.07, 6.45) is 1.04. The van der Waals surface area contributed by atoms with Crippen LogP contribution < -0.4 is 10.6 Å². The minimum Gasteiger partial charge on any atom is -0.362 e. The maximum atomic E-state index is 13.7. The molecular weight excluding hydrogens is 450 g/mol. The van der Waals surface area contributed by atoms with Crippen LogP contribution in [-0.4, -0.2) is 11.7 Å². The predicted molar refractivity (Wildman–Crippen MR) is 125 cm³/mol. The largest absolute Gasteiger partial charge is 0.362 e. The van der Waals surface area contributed by atoms with E-state index in [1.807, 2.05) is 13.8 Å². The number of rotatable bonds is 3. The first kappa shape index (κ1) is 22.6. The molecule has 1 atom stereocenters. The Labute approximate surface area is 196 Å². The third kappa shape index (κ3) is 4.32. The van der Waals surface area contributed by atoms with Crippen molar-refractivity contribution in [3.8, 4) is 0 Å². The quantitative estimate of drug-likeness (QED) is 0.544. The molecule has 0 saturated carbocycles. The van der Waals surface area contributed by atoms with E-state index in [1.165, 1.54) is 18.2 Å². The monoisotopic (exact) mass is 472 g/mol. The molecule has 4 nitrogen and oxygen atoms in total. The molecule has 0 spiro atoms. The van der Waals surface area contributed by atoms with Crippen molar-refractivity contribution < 1.29 is 14.0 Å². The minimum absolute atomic E-state index is 0.0247. The number of Topliss-reactive ketones (excluding diaryl/α,β-unsaturated/α-hetero) is 1. The van der Waals surface area contributed by atoms with E-state index >= 15 is 0 Å². The first-order valence-corrected chi connectivity index (χ1v) is 11.1. The molecule has 166 valence electrons. The number of allylic oxidation sites excluding steroid dienone is 3. The van der Waals surface area contributed by atoms with Crippen molar-refractivity contribution in [1.29, 1.82) is 0 Å². The van der Waals surface area contributed by atoms with Gasteiger partial charge < -0.3 is 10.6 Å². The summed E-state index contributed by atoms with van der Waals surface area (Å²) in [6, 6.07) is 10.7. The van der Waals surface area contributed by atoms with Crippen molar-refractivity contribution in [1.82, 2.24) is 5.32 Å². The van der Waals surface area contributed by atoms with Gasteiger partial charge in [-0.15, -0.1) is 0 Å². The predicted octanol–water partition coefficient (Wildman–Crippen LogP) is 6.38. The van der Waals surface area contributed by atoms with E-state index in [0.717, 1.165) is 5.70 Å². The maximum absolute atomic E-state index is 13.7. The highest BCUT2D eigenvalue weighted by Crippen LogP contribution is 2.48. The van der Waals surface area contributed by atoms with Crippen LogP contribution in [0.4, 0.5) is 10.1 Å². The van der Waals surface area contributed by atoms with E-state index in [0.29, 0.717) is 51.0 Å². The summed E-state index contributed by atoms with van der Waals surface area (Å²) in [5.41, 5.74) is 3.10. The Balaban J connectivity index is 1.84. The van der Waals surface area contributed by atoms with E-state index in [1.54, 1.807) is 31.2 Å². The number of hydrogen-bond acceptors (Lipinski definition) is 3. The molecule has 4 rings (SSSR count). The molecule has 0 unspecified atom stereocenters. The molecule has 2 aromatic carbocycles. The highest BCUT2D eigenvalue weighted by molar-refractivity contribution is 6.35. The molecule has 2 aromatic rings. The van der Waals surface area contributed by atoms with Gasteiger partial charge in [0, 0.05) is 50.6 Å². The molecule has 32 heavy (non-hydrogen) atoms. The van der Waals surface area contributed by atoms with Gasteiger partial charge in [-0.1, -0.05) is 49.2 Å². The van der Waals surface area contributed by atoms with Crippen molar-refractivity contribution in [2.45, 2.75) is 39.5 Å². The Hall–Kier alpha value is -2.63. The lowest BCUT2D eigenvalue weighted by Crippen LogP contribution is -2.39. The zero-order chi connectivity index (χ0) is 23.2. The number of amides is 1. The van der Waals surface area contributed by atoms with Gasteiger partial charge in [0.25, 0.3) is 5.91 Å². The summed E-state index contributed by atoms with van der Waals surface area (Å²) in [4.78, 5) is 26.7. The van der Waals surface area contributed by atoms with E-state index < -0.39 is 17.6 Å². The summed E-state index contributed by atoms with van der Waals surface area (Å²) in [5, 5.41) is 6.89. The molecule has 0 saturated heterocycles. The van der Waals surface area contributed by atoms with Crippen molar-refractivity contribution in [3.05, 3.63) is 86.4 Å². The van der Waals surface area contributed by atoms with Crippen LogP contribution in [0.5, 0.6) is 0 Å². The highest BCUT2D eigenvalue weighted by Gasteiger charge is 2.43. The summed E-state index contributed by atoms with van der Waals surface area (Å²) in [5.74, 6) is -1.57. The molecule has 1 aliphatic heterocycles. The Bertz CT molecular complexity index is 1200. The fraction of sp³-hybridized carbons (Fsp3) is 0.280. The van der Waals surface area contributed by atoms with Crippen LogP contribution in [0.3, 0.4) is 0 Å². The number of hydrogen-bond donors (Lipinski definition) is 2. The van der Waals surface area contributed by atoms with E-state index in [-0.39, 0.29) is 11.2 Å². The zero-order valence-electron chi connectivity index (χ0n) is 18.0. The van der Waals surface area contributed by atoms with Gasteiger partial charge in [0.05, 0.1) is 0 Å². The van der Waals surface area contributed by atoms with E-state index in [2.05, 4.69) is 10.6 Å². The van der Waals surface area contributed by atoms with Crippen molar-refractivity contribution in [3.63, 3.8) is 0 Å². The molecular formula is C25H23Cl2FN2O2. The smallest absolute Gasteiger partial charge is 0.254 e. The summed E-state index contributed by atoms with van der Waals surface area (Å²) >= 11 is 12.7. The van der Waals surface area contributed by atoms with Gasteiger partial charge in [-0.25, -0.2) is 4.39 Å². The number of carbonyl (C=O) groups excluding carboxylic acids is 2. The Morgan fingerprint density at radius 1 is 1.16 bits per heavy atom. The number of nitrogens with one attached hydrogen (secondary N) is 2. The van der Waals surface area contributed by atoms with E-state index in [4.69, 9.17) is 23.2 Å². The number of ketones is 1. The average molecular weight is 473 g/mol. The first-order chi connectivity index (χ1) is 15.1. The SMILES string of the molecule is CC1=C(C(=O)Nc2cccc(F)c2)[C@@H](c2ccc(Cl)cc2Cl)C2=C(CC(C)(C)CC2=O)N1. The molecule has 0 aromatic heterocycles. The third-order valence-corrected chi connectivity index (χ3v) is 6.40. The highest BCUT2D eigenvalue weighted by atomic mass is 35.5. The zero-order valence-corrected chi connectivity index (χ0v) is 19.5. The number of benzene rings is 2. The molecule has 0 fully saturated rings. The summed E-state index contributed by atoms with van der Waals surface area (Å²) in [7, 11) is 0. The van der Waals surface area contributed by atoms with Crippen LogP contribution in [0, 0.1) is 11.2 Å². The molecule has 0 bridgehead atoms. The van der Waals surface area contributed by atoms with Crippen LogP contribution in [0.1, 0.15) is 45.1 Å². The molecule has 0 radical (unpaired) electrons. The molecule has 1 amide bonds. The summed E-state index contributed by atoms with van der Waals surface area (Å²) in [6.45, 7) is 5.89. The topological polar surface area (TPSA) is 58.2 Å². The van der Waals surface area contributed by atoms with Gasteiger partial charge >= 0.3 is 0 Å². The molecule has 7 heteroatoms. The van der Waals surface area contributed by atoms with Crippen molar-refractivity contribution >= 4 is 40.6 Å². The van der Waals surface area contributed by atoms with Crippen LogP contribution in [0.15, 0.2) is 65.0 Å². The number of dihydropyridines is 1. The van der Waals surface area contributed by atoms with E-state index in [9.17, 15) is 14.0 Å². The van der Waals surface area contributed by atoms with Crippen LogP contribution in [0.25, 0.3) is 0 Å². The first-order valence-electron chi connectivity index (χ1n) is 10.3. The third-order valence-electron chi connectivity index (χ3n) is 5.84. The Kier molecular flexibility index (Phi) is 5.91. The molecule has 1 aliphatic carbocycles. The Morgan fingerprint density at radius 3 is 2.59 bits per heavy atom. The molecule has 2 aliphatic rings. The number of halogens is 3. The van der Waals surface area contributed by atoms with Crippen LogP contribution in [0.2, 0.25) is 10.0 Å². The maximum Gasteiger partial charge on any atom is 0.254 e. The minimum atomic E-state index is -0.659. The lowest BCUT2D eigenvalue weighted by Gasteiger charge is -2.39. The Morgan fingerprint density at radius 2 is 1.91 bits per heavy atom. The second-order valence-corrected chi connectivity index (χ2v) is 9.90. The summed E-state index contributed by atoms with van der Waals surface area (Å²) < 4.78 is 13.7. The molecule has 1 heterocycles.